The summed E-state index contributed by atoms with van der Waals surface area (Å²) in [6, 6.07) is 11.5. The summed E-state index contributed by atoms with van der Waals surface area (Å²) in [7, 11) is 2.10. The van der Waals surface area contributed by atoms with Crippen LogP contribution in [0.15, 0.2) is 30.3 Å². The standard InChI is InChI=1S/C17H25N3/c1-12(2)18-11-14-10-17(20(5)13(3)4)19-16-9-7-6-8-15(14)16/h6-10,12-13,18H,11H2,1-5H3. The molecule has 0 saturated carbocycles. The normalized spacial score (nSPS) is 11.6. The number of hydrogen-bond donors (Lipinski definition) is 1. The fourth-order valence-electron chi connectivity index (χ4n) is 2.14. The smallest absolute Gasteiger partial charge is 0.129 e. The van der Waals surface area contributed by atoms with Gasteiger partial charge in [-0.3, -0.25) is 0 Å². The van der Waals surface area contributed by atoms with Crippen LogP contribution in [0.3, 0.4) is 0 Å². The quantitative estimate of drug-likeness (QED) is 0.901. The van der Waals surface area contributed by atoms with Gasteiger partial charge in [-0.1, -0.05) is 32.0 Å². The van der Waals surface area contributed by atoms with Crippen molar-refractivity contribution in [3.63, 3.8) is 0 Å². The summed E-state index contributed by atoms with van der Waals surface area (Å²) < 4.78 is 0. The Hall–Kier alpha value is -1.61. The molecule has 2 rings (SSSR count). The lowest BCUT2D eigenvalue weighted by molar-refractivity contribution is 0.590. The Morgan fingerprint density at radius 1 is 1.15 bits per heavy atom. The van der Waals surface area contributed by atoms with Gasteiger partial charge < -0.3 is 10.2 Å². The Morgan fingerprint density at radius 3 is 2.50 bits per heavy atom. The van der Waals surface area contributed by atoms with Crippen molar-refractivity contribution in [3.05, 3.63) is 35.9 Å². The van der Waals surface area contributed by atoms with E-state index in [0.717, 1.165) is 17.9 Å². The molecule has 3 heteroatoms. The fraction of sp³-hybridized carbons (Fsp3) is 0.471. The number of nitrogens with one attached hydrogen (secondary N) is 1. The Morgan fingerprint density at radius 2 is 1.85 bits per heavy atom. The van der Waals surface area contributed by atoms with Gasteiger partial charge in [-0.2, -0.15) is 0 Å². The minimum absolute atomic E-state index is 0.439. The van der Waals surface area contributed by atoms with E-state index in [0.29, 0.717) is 12.1 Å². The first-order valence-corrected chi connectivity index (χ1v) is 7.34. The van der Waals surface area contributed by atoms with Crippen molar-refractivity contribution >= 4 is 16.7 Å². The summed E-state index contributed by atoms with van der Waals surface area (Å²) in [5, 5.41) is 4.74. The van der Waals surface area contributed by atoms with Crippen LogP contribution < -0.4 is 10.2 Å². The third-order valence-corrected chi connectivity index (χ3v) is 3.63. The van der Waals surface area contributed by atoms with Crippen LogP contribution in [-0.4, -0.2) is 24.1 Å². The Balaban J connectivity index is 2.46. The van der Waals surface area contributed by atoms with Gasteiger partial charge in [0, 0.05) is 31.1 Å². The van der Waals surface area contributed by atoms with E-state index >= 15 is 0 Å². The van der Waals surface area contributed by atoms with Crippen LogP contribution >= 0.6 is 0 Å². The molecule has 0 atom stereocenters. The Labute approximate surface area is 122 Å². The van der Waals surface area contributed by atoms with Gasteiger partial charge in [0.1, 0.15) is 5.82 Å². The number of pyridine rings is 1. The molecule has 1 aromatic heterocycles. The maximum atomic E-state index is 4.78. The van der Waals surface area contributed by atoms with Crippen molar-refractivity contribution in [2.75, 3.05) is 11.9 Å². The lowest BCUT2D eigenvalue weighted by atomic mass is 10.1. The summed E-state index contributed by atoms with van der Waals surface area (Å²) in [6.07, 6.45) is 0. The number of hydrogen-bond acceptors (Lipinski definition) is 3. The molecule has 108 valence electrons. The highest BCUT2D eigenvalue weighted by molar-refractivity contribution is 5.84. The topological polar surface area (TPSA) is 28.2 Å². The van der Waals surface area contributed by atoms with Gasteiger partial charge in [0.15, 0.2) is 0 Å². The van der Waals surface area contributed by atoms with Gasteiger partial charge >= 0.3 is 0 Å². The number of benzene rings is 1. The lowest BCUT2D eigenvalue weighted by Crippen LogP contribution is -2.27. The molecular weight excluding hydrogens is 246 g/mol. The van der Waals surface area contributed by atoms with Crippen LogP contribution in [0.2, 0.25) is 0 Å². The minimum atomic E-state index is 0.439. The van der Waals surface area contributed by atoms with E-state index in [-0.39, 0.29) is 0 Å². The van der Waals surface area contributed by atoms with Crippen LogP contribution in [0.1, 0.15) is 33.3 Å². The highest BCUT2D eigenvalue weighted by atomic mass is 15.2. The van der Waals surface area contributed by atoms with Gasteiger partial charge in [-0.25, -0.2) is 4.98 Å². The molecule has 0 bridgehead atoms. The Kier molecular flexibility index (Phi) is 4.61. The molecule has 0 radical (unpaired) electrons. The van der Waals surface area contributed by atoms with Gasteiger partial charge in [0.25, 0.3) is 0 Å². The molecule has 0 saturated heterocycles. The summed E-state index contributed by atoms with van der Waals surface area (Å²) in [6.45, 7) is 9.58. The largest absolute Gasteiger partial charge is 0.357 e. The Bertz CT molecular complexity index is 575. The molecule has 0 aliphatic carbocycles. The molecule has 1 aromatic carbocycles. The molecule has 0 spiro atoms. The molecule has 0 fully saturated rings. The summed E-state index contributed by atoms with van der Waals surface area (Å²) in [5.41, 5.74) is 2.38. The number of fused-ring (bicyclic) bond motifs is 1. The summed E-state index contributed by atoms with van der Waals surface area (Å²) in [5.74, 6) is 1.04. The molecule has 0 aliphatic heterocycles. The molecular formula is C17H25N3. The van der Waals surface area contributed by atoms with Gasteiger partial charge in [0.2, 0.25) is 0 Å². The molecule has 0 amide bonds. The van der Waals surface area contributed by atoms with Crippen molar-refractivity contribution in [3.8, 4) is 0 Å². The van der Waals surface area contributed by atoms with E-state index < -0.39 is 0 Å². The zero-order chi connectivity index (χ0) is 14.7. The molecule has 1 N–H and O–H groups in total. The maximum absolute atomic E-state index is 4.78. The van der Waals surface area contributed by atoms with Crippen molar-refractivity contribution < 1.29 is 0 Å². The first kappa shape index (κ1) is 14.8. The number of rotatable bonds is 5. The lowest BCUT2D eigenvalue weighted by Gasteiger charge is -2.24. The van der Waals surface area contributed by atoms with E-state index in [1.807, 2.05) is 6.07 Å². The highest BCUT2D eigenvalue weighted by Gasteiger charge is 2.11. The number of anilines is 1. The van der Waals surface area contributed by atoms with Crippen LogP contribution in [-0.2, 0) is 6.54 Å². The van der Waals surface area contributed by atoms with Crippen LogP contribution in [0.4, 0.5) is 5.82 Å². The van der Waals surface area contributed by atoms with E-state index in [4.69, 9.17) is 4.98 Å². The van der Waals surface area contributed by atoms with Gasteiger partial charge in [-0.05, 0) is 31.5 Å². The molecule has 3 nitrogen and oxygen atoms in total. The third kappa shape index (κ3) is 3.28. The van der Waals surface area contributed by atoms with Gasteiger partial charge in [0.05, 0.1) is 5.52 Å². The van der Waals surface area contributed by atoms with Crippen molar-refractivity contribution in [1.29, 1.82) is 0 Å². The fourth-order valence-corrected chi connectivity index (χ4v) is 2.14. The molecule has 1 heterocycles. The first-order chi connectivity index (χ1) is 9.49. The summed E-state index contributed by atoms with van der Waals surface area (Å²) >= 11 is 0. The van der Waals surface area contributed by atoms with Crippen molar-refractivity contribution in [1.82, 2.24) is 10.3 Å². The van der Waals surface area contributed by atoms with E-state index in [9.17, 15) is 0 Å². The average Bonchev–Trinajstić information content (AvgIpc) is 2.43. The monoisotopic (exact) mass is 271 g/mol. The minimum Gasteiger partial charge on any atom is -0.357 e. The second kappa shape index (κ2) is 6.23. The van der Waals surface area contributed by atoms with Crippen molar-refractivity contribution in [2.45, 2.75) is 46.3 Å². The first-order valence-electron chi connectivity index (χ1n) is 7.34. The van der Waals surface area contributed by atoms with Gasteiger partial charge in [-0.15, -0.1) is 0 Å². The predicted octanol–water partition coefficient (Wildman–Crippen LogP) is 3.58. The second-order valence-electron chi connectivity index (χ2n) is 5.90. The summed E-state index contributed by atoms with van der Waals surface area (Å²) in [4.78, 5) is 7.00. The number of para-hydroxylation sites is 1. The van der Waals surface area contributed by atoms with Crippen LogP contribution in [0, 0.1) is 0 Å². The van der Waals surface area contributed by atoms with Crippen LogP contribution in [0.5, 0.6) is 0 Å². The molecule has 0 unspecified atom stereocenters. The predicted molar refractivity (Wildman–Crippen MR) is 87.3 cm³/mol. The number of aromatic nitrogens is 1. The average molecular weight is 271 g/mol. The van der Waals surface area contributed by atoms with Crippen LogP contribution in [0.25, 0.3) is 10.9 Å². The highest BCUT2D eigenvalue weighted by Crippen LogP contribution is 2.23. The van der Waals surface area contributed by atoms with E-state index in [1.54, 1.807) is 0 Å². The van der Waals surface area contributed by atoms with Crippen molar-refractivity contribution in [2.24, 2.45) is 0 Å². The van der Waals surface area contributed by atoms with E-state index in [1.165, 1.54) is 10.9 Å². The zero-order valence-electron chi connectivity index (χ0n) is 13.1. The third-order valence-electron chi connectivity index (χ3n) is 3.63. The number of nitrogens with zero attached hydrogens (tertiary/aromatic N) is 2. The second-order valence-corrected chi connectivity index (χ2v) is 5.90. The molecule has 2 aromatic rings. The molecule has 0 aliphatic rings. The SMILES string of the molecule is CC(C)NCc1cc(N(C)C(C)C)nc2ccccc12. The zero-order valence-corrected chi connectivity index (χ0v) is 13.1. The maximum Gasteiger partial charge on any atom is 0.129 e. The van der Waals surface area contributed by atoms with E-state index in [2.05, 4.69) is 69.2 Å². The molecule has 20 heavy (non-hydrogen) atoms.